The Morgan fingerprint density at radius 2 is 1.71 bits per heavy atom. The molecule has 1 aliphatic carbocycles. The van der Waals surface area contributed by atoms with Gasteiger partial charge in [-0.2, -0.15) is 0 Å². The normalized spacial score (nSPS) is 16.1. The van der Waals surface area contributed by atoms with Crippen LogP contribution in [0, 0.1) is 5.92 Å². The highest BCUT2D eigenvalue weighted by atomic mass is 16.4. The molecule has 0 aromatic rings. The minimum Gasteiger partial charge on any atom is -0.481 e. The molecule has 1 rings (SSSR count). The molecule has 1 fully saturated rings. The summed E-state index contributed by atoms with van der Waals surface area (Å²) >= 11 is 0. The highest BCUT2D eigenvalue weighted by Gasteiger charge is 2.21. The maximum absolute atomic E-state index is 12.4. The zero-order valence-electron chi connectivity index (χ0n) is 13.5. The summed E-state index contributed by atoms with van der Waals surface area (Å²) in [7, 11) is 4.01. The Balaban J connectivity index is 2.43. The van der Waals surface area contributed by atoms with Crippen LogP contribution in [-0.4, -0.2) is 60.5 Å². The highest BCUT2D eigenvalue weighted by molar-refractivity contribution is 5.77. The van der Waals surface area contributed by atoms with Gasteiger partial charge in [0.25, 0.3) is 0 Å². The number of hydrogen-bond donors (Lipinski definition) is 1. The maximum Gasteiger partial charge on any atom is 0.305 e. The smallest absolute Gasteiger partial charge is 0.305 e. The largest absolute Gasteiger partial charge is 0.481 e. The van der Waals surface area contributed by atoms with Crippen molar-refractivity contribution >= 4 is 11.9 Å². The lowest BCUT2D eigenvalue weighted by molar-refractivity contribution is -0.138. The fraction of sp³-hybridized carbons (Fsp3) is 0.875. The Kier molecular flexibility index (Phi) is 8.35. The molecule has 0 spiro atoms. The summed E-state index contributed by atoms with van der Waals surface area (Å²) in [5.41, 5.74) is 0. The van der Waals surface area contributed by atoms with Crippen LogP contribution in [0.3, 0.4) is 0 Å². The Hall–Kier alpha value is -1.10. The van der Waals surface area contributed by atoms with Crippen LogP contribution in [0.15, 0.2) is 0 Å². The summed E-state index contributed by atoms with van der Waals surface area (Å²) in [5, 5.41) is 8.83. The van der Waals surface area contributed by atoms with Gasteiger partial charge in [0.15, 0.2) is 0 Å². The Morgan fingerprint density at radius 3 is 2.29 bits per heavy atom. The maximum atomic E-state index is 12.4. The molecular weight excluding hydrogens is 268 g/mol. The second kappa shape index (κ2) is 9.77. The predicted molar refractivity (Wildman–Crippen MR) is 83.2 cm³/mol. The lowest BCUT2D eigenvalue weighted by atomic mass is 9.86. The zero-order chi connectivity index (χ0) is 15.7. The first-order valence-corrected chi connectivity index (χ1v) is 8.13. The van der Waals surface area contributed by atoms with Crippen LogP contribution in [-0.2, 0) is 9.59 Å². The number of hydrogen-bond acceptors (Lipinski definition) is 3. The number of amides is 1. The third-order valence-electron chi connectivity index (χ3n) is 4.17. The number of rotatable bonds is 9. The lowest BCUT2D eigenvalue weighted by Crippen LogP contribution is -2.36. The van der Waals surface area contributed by atoms with Gasteiger partial charge in [0.1, 0.15) is 0 Å². The van der Waals surface area contributed by atoms with E-state index in [2.05, 4.69) is 4.90 Å². The van der Waals surface area contributed by atoms with Crippen molar-refractivity contribution in [3.63, 3.8) is 0 Å². The predicted octanol–water partition coefficient (Wildman–Crippen LogP) is 2.21. The molecule has 5 heteroatoms. The van der Waals surface area contributed by atoms with Crippen molar-refractivity contribution in [3.8, 4) is 0 Å². The van der Waals surface area contributed by atoms with E-state index in [1.165, 1.54) is 19.3 Å². The summed E-state index contributed by atoms with van der Waals surface area (Å²) in [4.78, 5) is 27.0. The molecule has 122 valence electrons. The Morgan fingerprint density at radius 1 is 1.05 bits per heavy atom. The molecule has 0 aliphatic heterocycles. The molecule has 0 bridgehead atoms. The summed E-state index contributed by atoms with van der Waals surface area (Å²) < 4.78 is 0. The van der Waals surface area contributed by atoms with Crippen molar-refractivity contribution in [2.45, 2.75) is 51.4 Å². The van der Waals surface area contributed by atoms with E-state index >= 15 is 0 Å². The quantitative estimate of drug-likeness (QED) is 0.709. The number of carboxylic acids is 1. The van der Waals surface area contributed by atoms with Gasteiger partial charge in [-0.1, -0.05) is 19.3 Å². The molecule has 0 unspecified atom stereocenters. The van der Waals surface area contributed by atoms with Crippen molar-refractivity contribution < 1.29 is 14.7 Å². The fourth-order valence-corrected chi connectivity index (χ4v) is 2.94. The molecule has 21 heavy (non-hydrogen) atoms. The van der Waals surface area contributed by atoms with E-state index in [0.717, 1.165) is 25.8 Å². The second-order valence-electron chi connectivity index (χ2n) is 6.39. The molecule has 1 aliphatic rings. The van der Waals surface area contributed by atoms with E-state index in [9.17, 15) is 9.59 Å². The van der Waals surface area contributed by atoms with Crippen LogP contribution in [0.5, 0.6) is 0 Å². The number of nitrogens with zero attached hydrogens (tertiary/aromatic N) is 2. The van der Waals surface area contributed by atoms with E-state index in [4.69, 9.17) is 5.11 Å². The van der Waals surface area contributed by atoms with Gasteiger partial charge in [-0.25, -0.2) is 0 Å². The van der Waals surface area contributed by atoms with Gasteiger partial charge in [0, 0.05) is 19.5 Å². The van der Waals surface area contributed by atoms with Crippen LogP contribution in [0.1, 0.15) is 51.4 Å². The summed E-state index contributed by atoms with van der Waals surface area (Å²) in [6.45, 7) is 1.92. The van der Waals surface area contributed by atoms with Crippen molar-refractivity contribution in [3.05, 3.63) is 0 Å². The van der Waals surface area contributed by atoms with Crippen LogP contribution in [0.4, 0.5) is 0 Å². The first kappa shape index (κ1) is 18.0. The van der Waals surface area contributed by atoms with Gasteiger partial charge in [-0.3, -0.25) is 9.59 Å². The molecule has 0 heterocycles. The summed E-state index contributed by atoms with van der Waals surface area (Å²) in [6.07, 6.45) is 7.58. The molecule has 1 N–H and O–H groups in total. The average molecular weight is 298 g/mol. The van der Waals surface area contributed by atoms with Gasteiger partial charge in [-0.15, -0.1) is 0 Å². The topological polar surface area (TPSA) is 60.9 Å². The van der Waals surface area contributed by atoms with Crippen LogP contribution < -0.4 is 0 Å². The molecule has 0 aromatic carbocycles. The van der Waals surface area contributed by atoms with Crippen LogP contribution >= 0.6 is 0 Å². The molecule has 0 atom stereocenters. The molecular formula is C16H30N2O3. The second-order valence-corrected chi connectivity index (χ2v) is 6.39. The summed E-state index contributed by atoms with van der Waals surface area (Å²) in [6, 6.07) is 0. The van der Waals surface area contributed by atoms with E-state index < -0.39 is 5.97 Å². The van der Waals surface area contributed by atoms with Crippen molar-refractivity contribution in [2.75, 3.05) is 33.7 Å². The molecule has 0 saturated heterocycles. The third kappa shape index (κ3) is 8.05. The first-order chi connectivity index (χ1) is 9.99. The van der Waals surface area contributed by atoms with Gasteiger partial charge >= 0.3 is 5.97 Å². The number of carboxylic acid groups (broad SMARTS) is 1. The lowest BCUT2D eigenvalue weighted by Gasteiger charge is -2.27. The molecule has 1 saturated carbocycles. The third-order valence-corrected chi connectivity index (χ3v) is 4.17. The number of aliphatic carboxylic acids is 1. The Bertz CT molecular complexity index is 325. The highest BCUT2D eigenvalue weighted by Crippen LogP contribution is 2.26. The van der Waals surface area contributed by atoms with Gasteiger partial charge in [0.2, 0.25) is 5.91 Å². The average Bonchev–Trinajstić information content (AvgIpc) is 2.43. The van der Waals surface area contributed by atoms with E-state index in [0.29, 0.717) is 25.4 Å². The molecule has 5 nitrogen and oxygen atoms in total. The monoisotopic (exact) mass is 298 g/mol. The Labute approximate surface area is 128 Å². The van der Waals surface area contributed by atoms with Gasteiger partial charge in [0.05, 0.1) is 6.42 Å². The van der Waals surface area contributed by atoms with E-state index in [-0.39, 0.29) is 12.3 Å². The fourth-order valence-electron chi connectivity index (χ4n) is 2.94. The van der Waals surface area contributed by atoms with E-state index in [1.54, 1.807) is 4.90 Å². The van der Waals surface area contributed by atoms with Gasteiger partial charge < -0.3 is 14.9 Å². The van der Waals surface area contributed by atoms with Crippen molar-refractivity contribution in [1.29, 1.82) is 0 Å². The minimum absolute atomic E-state index is 0.0401. The minimum atomic E-state index is -0.835. The number of carbonyl (C=O) groups is 2. The molecule has 0 aromatic heterocycles. The molecule has 1 amide bonds. The number of carbonyl (C=O) groups excluding carboxylic acids is 1. The van der Waals surface area contributed by atoms with Crippen LogP contribution in [0.25, 0.3) is 0 Å². The standard InChI is InChI=1S/C16H30N2O3/c1-17(2)10-6-11-18(12-9-16(20)21)15(19)13-14-7-4-3-5-8-14/h14H,3-13H2,1-2H3,(H,20,21). The molecule has 0 radical (unpaired) electrons. The summed E-state index contributed by atoms with van der Waals surface area (Å²) in [5.74, 6) is -0.188. The first-order valence-electron chi connectivity index (χ1n) is 8.13. The van der Waals surface area contributed by atoms with E-state index in [1.807, 2.05) is 14.1 Å². The zero-order valence-corrected chi connectivity index (χ0v) is 13.5. The van der Waals surface area contributed by atoms with Crippen LogP contribution in [0.2, 0.25) is 0 Å². The van der Waals surface area contributed by atoms with Crippen molar-refractivity contribution in [1.82, 2.24) is 9.80 Å². The van der Waals surface area contributed by atoms with Crippen molar-refractivity contribution in [2.24, 2.45) is 5.92 Å². The SMILES string of the molecule is CN(C)CCCN(CCC(=O)O)C(=O)CC1CCCCC1. The van der Waals surface area contributed by atoms with Gasteiger partial charge in [-0.05, 0) is 45.8 Å².